The van der Waals surface area contributed by atoms with Gasteiger partial charge in [-0.2, -0.15) is 0 Å². The van der Waals surface area contributed by atoms with Crippen molar-refractivity contribution in [3.8, 4) is 0 Å². The summed E-state index contributed by atoms with van der Waals surface area (Å²) in [7, 11) is 0. The molecule has 1 N–H and O–H groups in total. The number of benzene rings is 1. The fourth-order valence-corrected chi connectivity index (χ4v) is 2.27. The van der Waals surface area contributed by atoms with Gasteiger partial charge < -0.3 is 5.32 Å². The summed E-state index contributed by atoms with van der Waals surface area (Å²) in [6.45, 7) is 14.6. The van der Waals surface area contributed by atoms with E-state index in [4.69, 9.17) is 0 Å². The minimum Gasteiger partial charge on any atom is -0.310 e. The zero-order chi connectivity index (χ0) is 14.5. The van der Waals surface area contributed by atoms with Crippen LogP contribution < -0.4 is 5.32 Å². The summed E-state index contributed by atoms with van der Waals surface area (Å²) in [5.74, 6) is 0.811. The van der Waals surface area contributed by atoms with Gasteiger partial charge in [-0.25, -0.2) is 0 Å². The van der Waals surface area contributed by atoms with E-state index in [2.05, 4.69) is 71.1 Å². The maximum absolute atomic E-state index is 3.62. The molecule has 1 heteroatoms. The van der Waals surface area contributed by atoms with Crippen LogP contribution in [-0.2, 0) is 12.0 Å². The van der Waals surface area contributed by atoms with Crippen molar-refractivity contribution in [2.24, 2.45) is 5.92 Å². The summed E-state index contributed by atoms with van der Waals surface area (Å²) in [5, 5.41) is 3.62. The SMILES string of the molecule is CCC(C)CC(C)NCc1ccc(C(C)(C)C)cc1. The molecule has 0 spiro atoms. The molecule has 0 heterocycles. The van der Waals surface area contributed by atoms with Crippen LogP contribution in [0.3, 0.4) is 0 Å². The third-order valence-corrected chi connectivity index (χ3v) is 3.93. The summed E-state index contributed by atoms with van der Waals surface area (Å²) in [5.41, 5.74) is 3.03. The Morgan fingerprint density at radius 2 is 1.63 bits per heavy atom. The normalized spacial score (nSPS) is 15.3. The van der Waals surface area contributed by atoms with Crippen molar-refractivity contribution in [2.75, 3.05) is 0 Å². The van der Waals surface area contributed by atoms with Gasteiger partial charge in [0.1, 0.15) is 0 Å². The first-order chi connectivity index (χ1) is 8.82. The first-order valence-electron chi connectivity index (χ1n) is 7.65. The number of rotatable bonds is 6. The lowest BCUT2D eigenvalue weighted by Gasteiger charge is -2.20. The van der Waals surface area contributed by atoms with Crippen LogP contribution in [0.4, 0.5) is 0 Å². The lowest BCUT2D eigenvalue weighted by atomic mass is 9.87. The molecule has 2 atom stereocenters. The van der Waals surface area contributed by atoms with Crippen molar-refractivity contribution in [3.63, 3.8) is 0 Å². The molecule has 0 amide bonds. The van der Waals surface area contributed by atoms with E-state index in [1.165, 1.54) is 24.0 Å². The lowest BCUT2D eigenvalue weighted by molar-refractivity contribution is 0.412. The van der Waals surface area contributed by atoms with Gasteiger partial charge in [-0.1, -0.05) is 65.3 Å². The summed E-state index contributed by atoms with van der Waals surface area (Å²) in [6.07, 6.45) is 2.53. The van der Waals surface area contributed by atoms with Gasteiger partial charge in [0.15, 0.2) is 0 Å². The topological polar surface area (TPSA) is 12.0 Å². The number of hydrogen-bond acceptors (Lipinski definition) is 1. The zero-order valence-electron chi connectivity index (χ0n) is 13.6. The molecule has 0 aliphatic rings. The van der Waals surface area contributed by atoms with Crippen molar-refractivity contribution in [1.82, 2.24) is 5.32 Å². The van der Waals surface area contributed by atoms with Crippen molar-refractivity contribution >= 4 is 0 Å². The lowest BCUT2D eigenvalue weighted by Crippen LogP contribution is -2.27. The van der Waals surface area contributed by atoms with Crippen molar-refractivity contribution in [3.05, 3.63) is 35.4 Å². The number of nitrogens with one attached hydrogen (secondary N) is 1. The molecule has 1 rings (SSSR count). The Bertz CT molecular complexity index is 358. The van der Waals surface area contributed by atoms with Crippen molar-refractivity contribution in [1.29, 1.82) is 0 Å². The molecule has 0 radical (unpaired) electrons. The zero-order valence-corrected chi connectivity index (χ0v) is 13.6. The molecule has 0 bridgehead atoms. The minimum atomic E-state index is 0.246. The Labute approximate surface area is 119 Å². The van der Waals surface area contributed by atoms with Gasteiger partial charge in [0.05, 0.1) is 0 Å². The number of hydrogen-bond donors (Lipinski definition) is 1. The summed E-state index contributed by atoms with van der Waals surface area (Å²) >= 11 is 0. The molecule has 19 heavy (non-hydrogen) atoms. The van der Waals surface area contributed by atoms with E-state index in [1.54, 1.807) is 0 Å². The highest BCUT2D eigenvalue weighted by Gasteiger charge is 2.13. The largest absolute Gasteiger partial charge is 0.310 e. The van der Waals surface area contributed by atoms with E-state index in [1.807, 2.05) is 0 Å². The molecular formula is C18H31N. The predicted octanol–water partition coefficient (Wildman–Crippen LogP) is 4.90. The minimum absolute atomic E-state index is 0.246. The fraction of sp³-hybridized carbons (Fsp3) is 0.667. The molecule has 1 aromatic carbocycles. The Morgan fingerprint density at radius 1 is 1.05 bits per heavy atom. The monoisotopic (exact) mass is 261 g/mol. The van der Waals surface area contributed by atoms with E-state index < -0.39 is 0 Å². The molecule has 108 valence electrons. The molecule has 0 aromatic heterocycles. The summed E-state index contributed by atoms with van der Waals surface area (Å²) in [4.78, 5) is 0. The first kappa shape index (κ1) is 16.2. The Hall–Kier alpha value is -0.820. The van der Waals surface area contributed by atoms with Crippen LogP contribution in [0, 0.1) is 5.92 Å². The van der Waals surface area contributed by atoms with Gasteiger partial charge in [0.2, 0.25) is 0 Å². The van der Waals surface area contributed by atoms with Crippen LogP contribution in [-0.4, -0.2) is 6.04 Å². The van der Waals surface area contributed by atoms with E-state index in [9.17, 15) is 0 Å². The fourth-order valence-electron chi connectivity index (χ4n) is 2.27. The van der Waals surface area contributed by atoms with Crippen LogP contribution in [0.25, 0.3) is 0 Å². The van der Waals surface area contributed by atoms with Crippen molar-refractivity contribution < 1.29 is 0 Å². The van der Waals surface area contributed by atoms with Crippen molar-refractivity contribution in [2.45, 2.75) is 72.4 Å². The van der Waals surface area contributed by atoms with E-state index in [0.717, 1.165) is 12.5 Å². The molecule has 0 aliphatic heterocycles. The molecule has 1 nitrogen and oxygen atoms in total. The smallest absolute Gasteiger partial charge is 0.0207 e. The van der Waals surface area contributed by atoms with Crippen LogP contribution in [0.5, 0.6) is 0 Å². The maximum atomic E-state index is 3.62. The van der Waals surface area contributed by atoms with E-state index >= 15 is 0 Å². The average molecular weight is 261 g/mol. The molecular weight excluding hydrogens is 230 g/mol. The molecule has 0 aliphatic carbocycles. The maximum Gasteiger partial charge on any atom is 0.0207 e. The third-order valence-electron chi connectivity index (χ3n) is 3.93. The Morgan fingerprint density at radius 3 is 2.11 bits per heavy atom. The predicted molar refractivity (Wildman–Crippen MR) is 85.5 cm³/mol. The summed E-state index contributed by atoms with van der Waals surface area (Å²) < 4.78 is 0. The highest BCUT2D eigenvalue weighted by molar-refractivity contribution is 5.27. The summed E-state index contributed by atoms with van der Waals surface area (Å²) in [6, 6.07) is 9.62. The van der Waals surface area contributed by atoms with Gasteiger partial charge in [-0.05, 0) is 35.8 Å². The van der Waals surface area contributed by atoms with Gasteiger partial charge in [0.25, 0.3) is 0 Å². The quantitative estimate of drug-likeness (QED) is 0.768. The third kappa shape index (κ3) is 5.78. The second-order valence-corrected chi connectivity index (χ2v) is 6.98. The van der Waals surface area contributed by atoms with Gasteiger partial charge in [0, 0.05) is 12.6 Å². The van der Waals surface area contributed by atoms with Gasteiger partial charge >= 0.3 is 0 Å². The van der Waals surface area contributed by atoms with Crippen LogP contribution in [0.15, 0.2) is 24.3 Å². The first-order valence-corrected chi connectivity index (χ1v) is 7.65. The van der Waals surface area contributed by atoms with Crippen LogP contribution >= 0.6 is 0 Å². The molecule has 0 fully saturated rings. The van der Waals surface area contributed by atoms with E-state index in [-0.39, 0.29) is 5.41 Å². The van der Waals surface area contributed by atoms with E-state index in [0.29, 0.717) is 6.04 Å². The van der Waals surface area contributed by atoms with Gasteiger partial charge in [-0.15, -0.1) is 0 Å². The van der Waals surface area contributed by atoms with Crippen LogP contribution in [0.1, 0.15) is 65.5 Å². The average Bonchev–Trinajstić information content (AvgIpc) is 2.35. The second kappa shape index (κ2) is 7.09. The molecule has 0 saturated heterocycles. The molecule has 1 aromatic rings. The highest BCUT2D eigenvalue weighted by Crippen LogP contribution is 2.22. The molecule has 0 saturated carbocycles. The highest BCUT2D eigenvalue weighted by atomic mass is 14.9. The molecule has 2 unspecified atom stereocenters. The van der Waals surface area contributed by atoms with Gasteiger partial charge in [-0.3, -0.25) is 0 Å². The Kier molecular flexibility index (Phi) is 6.06. The van der Waals surface area contributed by atoms with Crippen LogP contribution in [0.2, 0.25) is 0 Å². The Balaban J connectivity index is 2.46. The standard InChI is InChI=1S/C18H31N/c1-7-14(2)12-15(3)19-13-16-8-10-17(11-9-16)18(4,5)6/h8-11,14-15,19H,7,12-13H2,1-6H3. The second-order valence-electron chi connectivity index (χ2n) is 6.98.